The molecule has 0 spiro atoms. The Kier molecular flexibility index (Phi) is 6.73. The second-order valence-corrected chi connectivity index (χ2v) is 16.0. The molecule has 0 heterocycles. The molecule has 2 nitrogen and oxygen atoms in total. The number of aliphatic hydroxyl groups excluding tert-OH is 1. The zero-order valence-electron chi connectivity index (χ0n) is 20.7. The van der Waals surface area contributed by atoms with Crippen molar-refractivity contribution in [2.24, 2.45) is 23.2 Å². The topological polar surface area (TPSA) is 29.5 Å². The highest BCUT2D eigenvalue weighted by Crippen LogP contribution is 2.57. The van der Waals surface area contributed by atoms with Crippen molar-refractivity contribution in [3.63, 3.8) is 0 Å². The molecule has 0 aromatic heterocycles. The number of aliphatic hydroxyl groups is 1. The SMILES string of the molecule is CC(CO[Si](c1ccccc1)(c1ccccc1)C(C)(C)C)[C@H]1CC[C@H]2[C@H](O)CCC[C@]12C. The second-order valence-electron chi connectivity index (χ2n) is 11.7. The molecular formula is C29H42O2Si. The van der Waals surface area contributed by atoms with Crippen LogP contribution in [0.1, 0.15) is 66.7 Å². The van der Waals surface area contributed by atoms with E-state index in [1.807, 2.05) is 0 Å². The van der Waals surface area contributed by atoms with E-state index in [1.54, 1.807) is 0 Å². The molecule has 174 valence electrons. The van der Waals surface area contributed by atoms with E-state index in [4.69, 9.17) is 4.43 Å². The fraction of sp³-hybridized carbons (Fsp3) is 0.586. The molecule has 4 rings (SSSR count). The minimum absolute atomic E-state index is 0.0125. The highest BCUT2D eigenvalue weighted by atomic mass is 28.4. The maximum Gasteiger partial charge on any atom is 0.261 e. The van der Waals surface area contributed by atoms with Gasteiger partial charge in [-0.3, -0.25) is 0 Å². The summed E-state index contributed by atoms with van der Waals surface area (Å²) in [6.45, 7) is 12.7. The van der Waals surface area contributed by atoms with Gasteiger partial charge in [-0.1, -0.05) is 102 Å². The second kappa shape index (κ2) is 9.08. The summed E-state index contributed by atoms with van der Waals surface area (Å²) in [5.41, 5.74) is 0.256. The Bertz CT molecular complexity index is 836. The minimum atomic E-state index is -2.49. The predicted octanol–water partition coefficient (Wildman–Crippen LogP) is 5.78. The quantitative estimate of drug-likeness (QED) is 0.566. The van der Waals surface area contributed by atoms with Crippen LogP contribution >= 0.6 is 0 Å². The molecule has 0 bridgehead atoms. The number of hydrogen-bond donors (Lipinski definition) is 1. The number of benzene rings is 2. The van der Waals surface area contributed by atoms with Crippen LogP contribution in [0.3, 0.4) is 0 Å². The summed E-state index contributed by atoms with van der Waals surface area (Å²) >= 11 is 0. The molecule has 0 amide bonds. The molecule has 2 fully saturated rings. The smallest absolute Gasteiger partial charge is 0.261 e. The van der Waals surface area contributed by atoms with E-state index in [9.17, 15) is 5.11 Å². The summed E-state index contributed by atoms with van der Waals surface area (Å²) in [6, 6.07) is 21.9. The zero-order valence-corrected chi connectivity index (χ0v) is 21.7. The third-order valence-corrected chi connectivity index (χ3v) is 13.8. The van der Waals surface area contributed by atoms with Crippen LogP contribution in [0, 0.1) is 23.2 Å². The lowest BCUT2D eigenvalue weighted by atomic mass is 9.62. The third kappa shape index (κ3) is 4.01. The monoisotopic (exact) mass is 450 g/mol. The highest BCUT2D eigenvalue weighted by molar-refractivity contribution is 6.99. The van der Waals surface area contributed by atoms with Gasteiger partial charge in [-0.05, 0) is 64.3 Å². The Labute approximate surface area is 196 Å². The van der Waals surface area contributed by atoms with Gasteiger partial charge in [-0.25, -0.2) is 0 Å². The zero-order chi connectivity index (χ0) is 23.0. The van der Waals surface area contributed by atoms with Crippen molar-refractivity contribution >= 4 is 18.7 Å². The standard InChI is InChI=1S/C29H42O2Si/c1-22(25-18-19-26-27(30)17-12-20-29(25,26)5)21-31-32(28(2,3)4,23-13-8-6-9-14-23)24-15-10-7-11-16-24/h6-11,13-16,22,25-27,30H,12,17-21H2,1-5H3/t22?,25-,26+,27-,29-/m1/s1. The van der Waals surface area contributed by atoms with Gasteiger partial charge in [0.1, 0.15) is 0 Å². The van der Waals surface area contributed by atoms with Crippen LogP contribution in [0.2, 0.25) is 5.04 Å². The van der Waals surface area contributed by atoms with E-state index in [2.05, 4.69) is 95.3 Å². The number of hydrogen-bond acceptors (Lipinski definition) is 2. The Morgan fingerprint density at radius 1 is 0.969 bits per heavy atom. The van der Waals surface area contributed by atoms with Gasteiger partial charge in [0.2, 0.25) is 0 Å². The first-order chi connectivity index (χ1) is 15.2. The van der Waals surface area contributed by atoms with Gasteiger partial charge in [-0.2, -0.15) is 0 Å². The molecule has 2 aromatic rings. The summed E-state index contributed by atoms with van der Waals surface area (Å²) in [7, 11) is -2.49. The van der Waals surface area contributed by atoms with Crippen LogP contribution in [-0.2, 0) is 4.43 Å². The van der Waals surface area contributed by atoms with Crippen molar-refractivity contribution in [3.05, 3.63) is 60.7 Å². The van der Waals surface area contributed by atoms with Crippen molar-refractivity contribution in [2.75, 3.05) is 6.61 Å². The Morgan fingerprint density at radius 2 is 1.53 bits per heavy atom. The van der Waals surface area contributed by atoms with E-state index in [0.29, 0.717) is 17.8 Å². The van der Waals surface area contributed by atoms with Crippen LogP contribution in [0.15, 0.2) is 60.7 Å². The fourth-order valence-electron chi connectivity index (χ4n) is 7.26. The van der Waals surface area contributed by atoms with E-state index in [-0.39, 0.29) is 16.6 Å². The van der Waals surface area contributed by atoms with Crippen LogP contribution in [0.5, 0.6) is 0 Å². The van der Waals surface area contributed by atoms with Crippen molar-refractivity contribution in [1.29, 1.82) is 0 Å². The first-order valence-corrected chi connectivity index (χ1v) is 14.5. The molecule has 0 aliphatic heterocycles. The molecule has 3 heteroatoms. The maximum atomic E-state index is 10.7. The summed E-state index contributed by atoms with van der Waals surface area (Å²) < 4.78 is 7.27. The van der Waals surface area contributed by atoms with Crippen molar-refractivity contribution in [2.45, 2.75) is 77.9 Å². The Hall–Kier alpha value is -1.42. The maximum absolute atomic E-state index is 10.7. The lowest BCUT2D eigenvalue weighted by Gasteiger charge is -2.47. The van der Waals surface area contributed by atoms with Crippen molar-refractivity contribution in [1.82, 2.24) is 0 Å². The largest absolute Gasteiger partial charge is 0.407 e. The van der Waals surface area contributed by atoms with Crippen LogP contribution < -0.4 is 10.4 Å². The molecule has 5 atom stereocenters. The Balaban J connectivity index is 1.65. The first-order valence-electron chi connectivity index (χ1n) is 12.6. The predicted molar refractivity (Wildman–Crippen MR) is 137 cm³/mol. The molecule has 0 saturated heterocycles. The summed E-state index contributed by atoms with van der Waals surface area (Å²) in [5, 5.41) is 13.4. The van der Waals surface area contributed by atoms with Crippen LogP contribution in [0.25, 0.3) is 0 Å². The highest BCUT2D eigenvalue weighted by Gasteiger charge is 2.54. The van der Waals surface area contributed by atoms with Gasteiger partial charge in [0.05, 0.1) is 6.10 Å². The molecule has 0 radical (unpaired) electrons. The fourth-order valence-corrected chi connectivity index (χ4v) is 11.9. The molecule has 2 aliphatic rings. The van der Waals surface area contributed by atoms with Gasteiger partial charge < -0.3 is 9.53 Å². The molecule has 32 heavy (non-hydrogen) atoms. The minimum Gasteiger partial charge on any atom is -0.407 e. The van der Waals surface area contributed by atoms with E-state index >= 15 is 0 Å². The average Bonchev–Trinajstić information content (AvgIpc) is 3.13. The van der Waals surface area contributed by atoms with E-state index in [1.165, 1.54) is 29.6 Å². The number of fused-ring (bicyclic) bond motifs is 1. The lowest BCUT2D eigenvalue weighted by Crippen LogP contribution is -2.67. The van der Waals surface area contributed by atoms with Gasteiger partial charge >= 0.3 is 0 Å². The van der Waals surface area contributed by atoms with Crippen molar-refractivity contribution in [3.8, 4) is 0 Å². The first kappa shape index (κ1) is 23.7. The summed E-state index contributed by atoms with van der Waals surface area (Å²) in [4.78, 5) is 0. The molecule has 2 saturated carbocycles. The molecule has 2 aliphatic carbocycles. The van der Waals surface area contributed by atoms with Gasteiger partial charge in [0.25, 0.3) is 8.32 Å². The number of rotatable bonds is 6. The summed E-state index contributed by atoms with van der Waals surface area (Å²) in [6.07, 6.45) is 5.69. The molecular weight excluding hydrogens is 408 g/mol. The normalized spacial score (nSPS) is 29.5. The van der Waals surface area contributed by atoms with E-state index in [0.717, 1.165) is 19.4 Å². The molecule has 1 unspecified atom stereocenters. The lowest BCUT2D eigenvalue weighted by molar-refractivity contribution is -0.0313. The summed E-state index contributed by atoms with van der Waals surface area (Å²) in [5.74, 6) is 1.58. The molecule has 2 aromatic carbocycles. The average molecular weight is 451 g/mol. The van der Waals surface area contributed by atoms with Crippen LogP contribution in [0.4, 0.5) is 0 Å². The molecule has 1 N–H and O–H groups in total. The van der Waals surface area contributed by atoms with Gasteiger partial charge in [0, 0.05) is 6.61 Å². The van der Waals surface area contributed by atoms with Crippen molar-refractivity contribution < 1.29 is 9.53 Å². The Morgan fingerprint density at radius 3 is 2.06 bits per heavy atom. The van der Waals surface area contributed by atoms with Gasteiger partial charge in [0.15, 0.2) is 0 Å². The van der Waals surface area contributed by atoms with Crippen LogP contribution in [-0.4, -0.2) is 26.1 Å². The van der Waals surface area contributed by atoms with Gasteiger partial charge in [-0.15, -0.1) is 0 Å². The van der Waals surface area contributed by atoms with E-state index < -0.39 is 8.32 Å². The third-order valence-electron chi connectivity index (χ3n) is 8.83.